The van der Waals surface area contributed by atoms with E-state index < -0.39 is 0 Å². The molecule has 1 unspecified atom stereocenters. The second-order valence-corrected chi connectivity index (χ2v) is 8.19. The fourth-order valence-corrected chi connectivity index (χ4v) is 2.99. The van der Waals surface area contributed by atoms with Gasteiger partial charge < -0.3 is 10.6 Å². The van der Waals surface area contributed by atoms with Crippen LogP contribution in [0.5, 0.6) is 0 Å². The van der Waals surface area contributed by atoms with E-state index in [0.29, 0.717) is 18.4 Å². The lowest BCUT2D eigenvalue weighted by Crippen LogP contribution is -2.44. The zero-order chi connectivity index (χ0) is 15.9. The van der Waals surface area contributed by atoms with Crippen molar-refractivity contribution in [3.8, 4) is 0 Å². The number of nitrogens with one attached hydrogen (secondary N) is 2. The van der Waals surface area contributed by atoms with Gasteiger partial charge in [0.2, 0.25) is 5.91 Å². The molecule has 0 bridgehead atoms. The third kappa shape index (κ3) is 8.99. The molecule has 1 amide bonds. The molecule has 1 rings (SSSR count). The smallest absolute Gasteiger partial charge is 0.220 e. The Kier molecular flexibility index (Phi) is 10.4. The van der Waals surface area contributed by atoms with E-state index in [-0.39, 0.29) is 23.7 Å². The highest BCUT2D eigenvalue weighted by atomic mass is 35.5. The van der Waals surface area contributed by atoms with Gasteiger partial charge in [-0.3, -0.25) is 4.79 Å². The topological polar surface area (TPSA) is 41.1 Å². The lowest BCUT2D eigenvalue weighted by molar-refractivity contribution is -0.123. The Bertz CT molecular complexity index is 307. The van der Waals surface area contributed by atoms with E-state index in [2.05, 4.69) is 45.3 Å². The minimum Gasteiger partial charge on any atom is -0.353 e. The molecule has 4 heteroatoms. The third-order valence-electron chi connectivity index (χ3n) is 4.65. The summed E-state index contributed by atoms with van der Waals surface area (Å²) in [5.74, 6) is 1.68. The molecule has 0 aromatic heterocycles. The van der Waals surface area contributed by atoms with E-state index in [0.717, 1.165) is 31.8 Å². The summed E-state index contributed by atoms with van der Waals surface area (Å²) >= 11 is 0. The molecule has 2 N–H and O–H groups in total. The molecule has 1 aliphatic heterocycles. The van der Waals surface area contributed by atoms with Gasteiger partial charge in [0.25, 0.3) is 0 Å². The first-order valence-corrected chi connectivity index (χ1v) is 8.79. The number of amides is 1. The van der Waals surface area contributed by atoms with Crippen LogP contribution in [0.25, 0.3) is 0 Å². The summed E-state index contributed by atoms with van der Waals surface area (Å²) in [6.45, 7) is 13.4. The van der Waals surface area contributed by atoms with Gasteiger partial charge in [0.15, 0.2) is 0 Å². The molecule has 1 saturated heterocycles. The highest BCUT2D eigenvalue weighted by molar-refractivity contribution is 5.85. The van der Waals surface area contributed by atoms with Gasteiger partial charge in [0.1, 0.15) is 0 Å². The number of rotatable bonds is 7. The van der Waals surface area contributed by atoms with Crippen LogP contribution in [0.4, 0.5) is 0 Å². The minimum absolute atomic E-state index is 0. The summed E-state index contributed by atoms with van der Waals surface area (Å²) in [4.78, 5) is 12.3. The van der Waals surface area contributed by atoms with Crippen LogP contribution in [0, 0.1) is 17.3 Å². The number of hydrogen-bond acceptors (Lipinski definition) is 2. The number of hydrogen-bond donors (Lipinski definition) is 2. The van der Waals surface area contributed by atoms with Gasteiger partial charge in [-0.1, -0.05) is 34.6 Å². The van der Waals surface area contributed by atoms with Crippen LogP contribution in [0.2, 0.25) is 0 Å². The van der Waals surface area contributed by atoms with Crippen molar-refractivity contribution in [2.24, 2.45) is 17.3 Å². The Balaban J connectivity index is 0.00000441. The predicted molar refractivity (Wildman–Crippen MR) is 97.5 cm³/mol. The number of halogens is 1. The van der Waals surface area contributed by atoms with Gasteiger partial charge in [-0.2, -0.15) is 0 Å². The minimum atomic E-state index is 0. The second-order valence-electron chi connectivity index (χ2n) is 8.19. The molecule has 0 aromatic rings. The molecule has 1 heterocycles. The lowest BCUT2D eigenvalue weighted by Gasteiger charge is -2.32. The summed E-state index contributed by atoms with van der Waals surface area (Å²) in [5.41, 5.74) is 0.138. The molecule has 1 fully saturated rings. The Morgan fingerprint density at radius 2 is 1.77 bits per heavy atom. The summed E-state index contributed by atoms with van der Waals surface area (Å²) < 4.78 is 0. The Morgan fingerprint density at radius 3 is 2.27 bits per heavy atom. The molecule has 0 aromatic carbocycles. The first kappa shape index (κ1) is 21.7. The van der Waals surface area contributed by atoms with Crippen molar-refractivity contribution in [1.29, 1.82) is 0 Å². The van der Waals surface area contributed by atoms with Crippen LogP contribution in [-0.4, -0.2) is 25.0 Å². The Morgan fingerprint density at radius 1 is 1.18 bits per heavy atom. The fourth-order valence-electron chi connectivity index (χ4n) is 2.99. The molecule has 0 saturated carbocycles. The fraction of sp³-hybridized carbons (Fsp3) is 0.944. The summed E-state index contributed by atoms with van der Waals surface area (Å²) in [6, 6.07) is 0.292. The molecule has 1 aliphatic rings. The van der Waals surface area contributed by atoms with Crippen molar-refractivity contribution in [3.05, 3.63) is 0 Å². The normalized spacial score (nSPS) is 17.9. The van der Waals surface area contributed by atoms with E-state index in [4.69, 9.17) is 0 Å². The van der Waals surface area contributed by atoms with E-state index in [9.17, 15) is 4.79 Å². The van der Waals surface area contributed by atoms with E-state index in [1.807, 2.05) is 0 Å². The first-order valence-electron chi connectivity index (χ1n) is 8.79. The quantitative estimate of drug-likeness (QED) is 0.735. The standard InChI is InChI=1S/C18H36N2O.ClH/c1-14(2)6-8-16(18(3,4)5)20-17(21)9-7-15-10-12-19-13-11-15;/h14-16,19H,6-13H2,1-5H3,(H,20,21);1H. The summed E-state index contributed by atoms with van der Waals surface area (Å²) in [6.07, 6.45) is 6.46. The van der Waals surface area contributed by atoms with Crippen LogP contribution in [0.1, 0.15) is 73.1 Å². The van der Waals surface area contributed by atoms with Gasteiger partial charge in [-0.25, -0.2) is 0 Å². The monoisotopic (exact) mass is 332 g/mol. The molecule has 132 valence electrons. The first-order chi connectivity index (χ1) is 9.79. The maximum atomic E-state index is 12.3. The van der Waals surface area contributed by atoms with Crippen LogP contribution in [-0.2, 0) is 4.79 Å². The van der Waals surface area contributed by atoms with Crippen LogP contribution < -0.4 is 10.6 Å². The third-order valence-corrected chi connectivity index (χ3v) is 4.65. The van der Waals surface area contributed by atoms with Crippen molar-refractivity contribution in [2.75, 3.05) is 13.1 Å². The van der Waals surface area contributed by atoms with Crippen LogP contribution in [0.15, 0.2) is 0 Å². The number of carbonyl (C=O) groups excluding carboxylic acids is 1. The van der Waals surface area contributed by atoms with E-state index >= 15 is 0 Å². The van der Waals surface area contributed by atoms with Gasteiger partial charge in [0.05, 0.1) is 0 Å². The van der Waals surface area contributed by atoms with Gasteiger partial charge in [0, 0.05) is 12.5 Å². The number of piperidine rings is 1. The van der Waals surface area contributed by atoms with Crippen LogP contribution in [0.3, 0.4) is 0 Å². The molecule has 1 atom stereocenters. The Labute approximate surface area is 143 Å². The lowest BCUT2D eigenvalue weighted by atomic mass is 9.82. The highest BCUT2D eigenvalue weighted by Gasteiger charge is 2.26. The number of carbonyl (C=O) groups is 1. The van der Waals surface area contributed by atoms with Crippen molar-refractivity contribution in [1.82, 2.24) is 10.6 Å². The predicted octanol–water partition coefficient (Wildman–Crippen LogP) is 4.16. The molecule has 0 radical (unpaired) electrons. The molecular formula is C18H37ClN2O. The second kappa shape index (κ2) is 10.5. The maximum absolute atomic E-state index is 12.3. The van der Waals surface area contributed by atoms with Crippen molar-refractivity contribution in [3.63, 3.8) is 0 Å². The summed E-state index contributed by atoms with van der Waals surface area (Å²) in [5, 5.41) is 6.68. The molecule has 22 heavy (non-hydrogen) atoms. The Hall–Kier alpha value is -0.280. The SMILES string of the molecule is CC(C)CCC(NC(=O)CCC1CCNCC1)C(C)(C)C.Cl. The van der Waals surface area contributed by atoms with Gasteiger partial charge >= 0.3 is 0 Å². The average Bonchev–Trinajstić information content (AvgIpc) is 2.41. The van der Waals surface area contributed by atoms with Gasteiger partial charge in [-0.05, 0) is 62.4 Å². The molecule has 0 aliphatic carbocycles. The van der Waals surface area contributed by atoms with Gasteiger partial charge in [-0.15, -0.1) is 12.4 Å². The van der Waals surface area contributed by atoms with Crippen molar-refractivity contribution < 1.29 is 4.79 Å². The molecular weight excluding hydrogens is 296 g/mol. The zero-order valence-electron chi connectivity index (χ0n) is 15.2. The van der Waals surface area contributed by atoms with Crippen molar-refractivity contribution in [2.45, 2.75) is 79.2 Å². The maximum Gasteiger partial charge on any atom is 0.220 e. The zero-order valence-corrected chi connectivity index (χ0v) is 16.0. The van der Waals surface area contributed by atoms with Crippen LogP contribution >= 0.6 is 12.4 Å². The van der Waals surface area contributed by atoms with E-state index in [1.165, 1.54) is 19.3 Å². The van der Waals surface area contributed by atoms with Crippen molar-refractivity contribution >= 4 is 18.3 Å². The highest BCUT2D eigenvalue weighted by Crippen LogP contribution is 2.25. The summed E-state index contributed by atoms with van der Waals surface area (Å²) in [7, 11) is 0. The van der Waals surface area contributed by atoms with E-state index in [1.54, 1.807) is 0 Å². The molecule has 3 nitrogen and oxygen atoms in total. The average molecular weight is 333 g/mol. The largest absolute Gasteiger partial charge is 0.353 e. The molecule has 0 spiro atoms.